The summed E-state index contributed by atoms with van der Waals surface area (Å²) in [6.07, 6.45) is -4.51. The van der Waals surface area contributed by atoms with Crippen molar-refractivity contribution >= 4 is 11.8 Å². The first kappa shape index (κ1) is 15.5. The quantitative estimate of drug-likeness (QED) is 0.659. The number of nitrogens with zero attached hydrogens (tertiary/aromatic N) is 3. The summed E-state index contributed by atoms with van der Waals surface area (Å²) in [7, 11) is 0. The van der Waals surface area contributed by atoms with Gasteiger partial charge in [-0.15, -0.1) is 10.2 Å². The fourth-order valence-electron chi connectivity index (χ4n) is 1.80. The highest BCUT2D eigenvalue weighted by Crippen LogP contribution is 2.30. The lowest BCUT2D eigenvalue weighted by molar-refractivity contribution is -0.141. The van der Waals surface area contributed by atoms with Crippen LogP contribution in [0.1, 0.15) is 11.3 Å². The van der Waals surface area contributed by atoms with Gasteiger partial charge in [0.2, 0.25) is 0 Å². The number of hydrogen-bond donors (Lipinski definition) is 0. The van der Waals surface area contributed by atoms with Crippen LogP contribution in [0.2, 0.25) is 0 Å². The third-order valence-electron chi connectivity index (χ3n) is 2.87. The molecule has 0 amide bonds. The van der Waals surface area contributed by atoms with E-state index in [1.54, 1.807) is 0 Å². The highest BCUT2D eigenvalue weighted by atomic mass is 32.2. The number of hydrogen-bond acceptors (Lipinski definition) is 5. The van der Waals surface area contributed by atoms with Gasteiger partial charge < -0.3 is 4.42 Å². The Morgan fingerprint density at radius 2 is 1.74 bits per heavy atom. The third-order valence-corrected chi connectivity index (χ3v) is 3.76. The van der Waals surface area contributed by atoms with Crippen LogP contribution in [-0.4, -0.2) is 15.2 Å². The predicted octanol–water partition coefficient (Wildman–Crippen LogP) is 4.44. The molecule has 0 aliphatic carbocycles. The first-order chi connectivity index (χ1) is 11.0. The molecule has 0 unspecified atom stereocenters. The molecule has 0 spiro atoms. The molecule has 0 atom stereocenters. The fourth-order valence-corrected chi connectivity index (χ4v) is 2.52. The molecule has 0 saturated heterocycles. The Morgan fingerprint density at radius 3 is 2.48 bits per heavy atom. The van der Waals surface area contributed by atoms with Crippen LogP contribution in [0.25, 0.3) is 11.6 Å². The zero-order chi connectivity index (χ0) is 16.3. The molecule has 0 aliphatic heterocycles. The molecule has 2 heterocycles. The van der Waals surface area contributed by atoms with Crippen molar-refractivity contribution in [2.75, 3.05) is 0 Å². The fraction of sp³-hybridized carbons (Fsp3) is 0.133. The van der Waals surface area contributed by atoms with E-state index in [2.05, 4.69) is 15.2 Å². The molecule has 2 aromatic heterocycles. The van der Waals surface area contributed by atoms with Crippen molar-refractivity contribution in [3.8, 4) is 11.6 Å². The SMILES string of the molecule is FC(F)(F)c1cccc(-c2nnc(SCc3ccccc3)o2)n1. The predicted molar refractivity (Wildman–Crippen MR) is 78.5 cm³/mol. The summed E-state index contributed by atoms with van der Waals surface area (Å²) in [5.74, 6) is 0.588. The van der Waals surface area contributed by atoms with Crippen LogP contribution in [0.4, 0.5) is 13.2 Å². The average molecular weight is 337 g/mol. The van der Waals surface area contributed by atoms with Crippen LogP contribution in [0, 0.1) is 0 Å². The standard InChI is InChI=1S/C15H10F3N3OS/c16-15(17,18)12-8-4-7-11(19-12)13-20-21-14(22-13)23-9-10-5-2-1-3-6-10/h1-8H,9H2. The van der Waals surface area contributed by atoms with Gasteiger partial charge >= 0.3 is 6.18 Å². The average Bonchev–Trinajstić information content (AvgIpc) is 3.02. The molecule has 0 bridgehead atoms. The maximum Gasteiger partial charge on any atom is 0.433 e. The van der Waals surface area contributed by atoms with Gasteiger partial charge in [-0.05, 0) is 17.7 Å². The van der Waals surface area contributed by atoms with Crippen molar-refractivity contribution in [3.05, 3.63) is 59.8 Å². The number of pyridine rings is 1. The molecular formula is C15H10F3N3OS. The van der Waals surface area contributed by atoms with Crippen LogP contribution in [-0.2, 0) is 11.9 Å². The zero-order valence-electron chi connectivity index (χ0n) is 11.6. The van der Waals surface area contributed by atoms with E-state index < -0.39 is 11.9 Å². The highest BCUT2D eigenvalue weighted by Gasteiger charge is 2.32. The maximum atomic E-state index is 12.7. The van der Waals surface area contributed by atoms with Crippen molar-refractivity contribution in [2.45, 2.75) is 17.2 Å². The number of alkyl halides is 3. The Morgan fingerprint density at radius 1 is 0.957 bits per heavy atom. The molecule has 23 heavy (non-hydrogen) atoms. The van der Waals surface area contributed by atoms with Crippen LogP contribution in [0.3, 0.4) is 0 Å². The molecule has 0 fully saturated rings. The minimum atomic E-state index is -4.51. The molecule has 0 aliphatic rings. The summed E-state index contributed by atoms with van der Waals surface area (Å²) >= 11 is 1.31. The van der Waals surface area contributed by atoms with Crippen molar-refractivity contribution in [2.24, 2.45) is 0 Å². The van der Waals surface area contributed by atoms with Crippen LogP contribution < -0.4 is 0 Å². The van der Waals surface area contributed by atoms with Gasteiger partial charge in [0, 0.05) is 5.75 Å². The van der Waals surface area contributed by atoms with Gasteiger partial charge in [-0.2, -0.15) is 13.2 Å². The molecule has 3 aromatic rings. The van der Waals surface area contributed by atoms with Crippen molar-refractivity contribution in [1.82, 2.24) is 15.2 Å². The summed E-state index contributed by atoms with van der Waals surface area (Å²) in [5, 5.41) is 7.86. The molecule has 3 rings (SSSR count). The van der Waals surface area contributed by atoms with Crippen molar-refractivity contribution < 1.29 is 17.6 Å². The second-order valence-electron chi connectivity index (χ2n) is 4.55. The first-order valence-electron chi connectivity index (χ1n) is 6.57. The van der Waals surface area contributed by atoms with Gasteiger partial charge in [0.05, 0.1) is 0 Å². The Kier molecular flexibility index (Phi) is 4.33. The van der Waals surface area contributed by atoms with E-state index in [1.165, 1.54) is 23.9 Å². The van der Waals surface area contributed by atoms with Crippen molar-refractivity contribution in [1.29, 1.82) is 0 Å². The smallest absolute Gasteiger partial charge is 0.410 e. The van der Waals surface area contributed by atoms with Gasteiger partial charge in [0.15, 0.2) is 0 Å². The van der Waals surface area contributed by atoms with Gasteiger partial charge in [-0.3, -0.25) is 0 Å². The lowest BCUT2D eigenvalue weighted by atomic mass is 10.2. The number of rotatable bonds is 4. The van der Waals surface area contributed by atoms with E-state index in [0.717, 1.165) is 11.6 Å². The number of benzene rings is 1. The van der Waals surface area contributed by atoms with E-state index in [-0.39, 0.29) is 16.8 Å². The molecule has 8 heteroatoms. The Balaban J connectivity index is 1.74. The Labute approximate surface area is 133 Å². The van der Waals surface area contributed by atoms with E-state index in [0.29, 0.717) is 5.75 Å². The molecule has 0 saturated carbocycles. The molecule has 1 aromatic carbocycles. The summed E-state index contributed by atoms with van der Waals surface area (Å²) in [6.45, 7) is 0. The van der Waals surface area contributed by atoms with E-state index in [4.69, 9.17) is 4.42 Å². The zero-order valence-corrected chi connectivity index (χ0v) is 12.4. The molecule has 4 nitrogen and oxygen atoms in total. The lowest BCUT2D eigenvalue weighted by Gasteiger charge is -2.05. The molecule has 0 radical (unpaired) electrons. The number of halogens is 3. The topological polar surface area (TPSA) is 51.8 Å². The molecule has 0 N–H and O–H groups in total. The van der Waals surface area contributed by atoms with Gasteiger partial charge in [-0.25, -0.2) is 4.98 Å². The Bertz CT molecular complexity index is 790. The van der Waals surface area contributed by atoms with Gasteiger partial charge in [0.1, 0.15) is 11.4 Å². The Hall–Kier alpha value is -2.35. The normalized spacial score (nSPS) is 11.6. The first-order valence-corrected chi connectivity index (χ1v) is 7.56. The minimum absolute atomic E-state index is 0.00103. The van der Waals surface area contributed by atoms with Crippen LogP contribution in [0.5, 0.6) is 0 Å². The summed E-state index contributed by atoms with van der Waals surface area (Å²) in [4.78, 5) is 3.52. The monoisotopic (exact) mass is 337 g/mol. The van der Waals surface area contributed by atoms with Crippen molar-refractivity contribution in [3.63, 3.8) is 0 Å². The second kappa shape index (κ2) is 6.41. The summed E-state index contributed by atoms with van der Waals surface area (Å²) in [6, 6.07) is 13.2. The van der Waals surface area contributed by atoms with E-state index in [9.17, 15) is 13.2 Å². The van der Waals surface area contributed by atoms with Gasteiger partial charge in [0.25, 0.3) is 11.1 Å². The van der Waals surface area contributed by atoms with E-state index in [1.807, 2.05) is 30.3 Å². The van der Waals surface area contributed by atoms with Crippen LogP contribution in [0.15, 0.2) is 58.2 Å². The number of thioether (sulfide) groups is 1. The third kappa shape index (κ3) is 3.89. The highest BCUT2D eigenvalue weighted by molar-refractivity contribution is 7.98. The second-order valence-corrected chi connectivity index (χ2v) is 5.48. The summed E-state index contributed by atoms with van der Waals surface area (Å²) < 4.78 is 43.4. The number of aromatic nitrogens is 3. The molecule has 118 valence electrons. The maximum absolute atomic E-state index is 12.7. The minimum Gasteiger partial charge on any atom is -0.410 e. The molecular weight excluding hydrogens is 327 g/mol. The lowest BCUT2D eigenvalue weighted by Crippen LogP contribution is -2.08. The summed E-state index contributed by atoms with van der Waals surface area (Å²) in [5.41, 5.74) is 0.0834. The van der Waals surface area contributed by atoms with Gasteiger partial charge in [-0.1, -0.05) is 48.2 Å². The largest absolute Gasteiger partial charge is 0.433 e. The van der Waals surface area contributed by atoms with E-state index >= 15 is 0 Å². The van der Waals surface area contributed by atoms with Crippen LogP contribution >= 0.6 is 11.8 Å².